The van der Waals surface area contributed by atoms with Crippen molar-refractivity contribution in [3.05, 3.63) is 68.3 Å². The van der Waals surface area contributed by atoms with Crippen molar-refractivity contribution in [1.29, 1.82) is 0 Å². The van der Waals surface area contributed by atoms with Gasteiger partial charge in [0.05, 0.1) is 15.5 Å². The summed E-state index contributed by atoms with van der Waals surface area (Å²) in [4.78, 5) is 32.4. The first kappa shape index (κ1) is 17.7. The Morgan fingerprint density at radius 1 is 1.08 bits per heavy atom. The van der Waals surface area contributed by atoms with Crippen molar-refractivity contribution in [1.82, 2.24) is 5.32 Å². The van der Waals surface area contributed by atoms with Crippen molar-refractivity contribution in [3.63, 3.8) is 0 Å². The average molecular weight is 362 g/mol. The minimum Gasteiger partial charge on any atom is -0.506 e. The first-order chi connectivity index (χ1) is 11.8. The van der Waals surface area contributed by atoms with Gasteiger partial charge in [0, 0.05) is 18.2 Å². The van der Waals surface area contributed by atoms with Crippen molar-refractivity contribution in [2.75, 3.05) is 5.32 Å². The molecule has 0 aromatic heterocycles. The second-order valence-electron chi connectivity index (χ2n) is 4.64. The Bertz CT molecular complexity index is 885. The molecule has 0 bridgehead atoms. The Morgan fingerprint density at radius 3 is 2.40 bits per heavy atom. The summed E-state index contributed by atoms with van der Waals surface area (Å²) in [6.07, 6.45) is 0. The van der Waals surface area contributed by atoms with E-state index in [4.69, 9.17) is 12.2 Å². The number of anilines is 1. The molecule has 3 N–H and O–H groups in total. The Morgan fingerprint density at radius 2 is 1.76 bits per heavy atom. The maximum Gasteiger partial charge on any atom is 0.282 e. The molecule has 0 atom stereocenters. The molecule has 2 aromatic rings. The number of carbonyl (C=O) groups excluding carboxylic acids is 1. The van der Waals surface area contributed by atoms with Gasteiger partial charge in [0.1, 0.15) is 11.3 Å². The molecule has 0 spiro atoms. The molecule has 0 heterocycles. The Labute approximate surface area is 145 Å². The molecule has 0 fully saturated rings. The van der Waals surface area contributed by atoms with Gasteiger partial charge < -0.3 is 10.4 Å². The molecular weight excluding hydrogens is 352 g/mol. The number of carbonyl (C=O) groups is 1. The summed E-state index contributed by atoms with van der Waals surface area (Å²) in [5, 5.41) is 35.7. The molecule has 2 aromatic carbocycles. The lowest BCUT2D eigenvalue weighted by Gasteiger charge is -2.11. The van der Waals surface area contributed by atoms with E-state index in [-0.39, 0.29) is 27.8 Å². The first-order valence-electron chi connectivity index (χ1n) is 6.62. The maximum atomic E-state index is 12.1. The topological polar surface area (TPSA) is 148 Å². The van der Waals surface area contributed by atoms with Crippen molar-refractivity contribution in [2.24, 2.45) is 0 Å². The third kappa shape index (κ3) is 4.23. The molecule has 0 saturated carbocycles. The van der Waals surface area contributed by atoms with Crippen LogP contribution in [0.25, 0.3) is 0 Å². The molecule has 25 heavy (non-hydrogen) atoms. The fraction of sp³-hybridized carbons (Fsp3) is 0. The predicted molar refractivity (Wildman–Crippen MR) is 91.5 cm³/mol. The number of hydrogen-bond donors (Lipinski definition) is 3. The molecule has 0 aliphatic heterocycles. The molecule has 1 amide bonds. The smallest absolute Gasteiger partial charge is 0.282 e. The molecular formula is C14H10N4O6S. The highest BCUT2D eigenvalue weighted by molar-refractivity contribution is 7.80. The number of para-hydroxylation sites is 1. The van der Waals surface area contributed by atoms with E-state index in [0.29, 0.717) is 0 Å². The van der Waals surface area contributed by atoms with Gasteiger partial charge in [-0.3, -0.25) is 30.3 Å². The van der Waals surface area contributed by atoms with Gasteiger partial charge >= 0.3 is 0 Å². The number of non-ortho nitro benzene ring substituents is 1. The van der Waals surface area contributed by atoms with Crippen LogP contribution in [-0.4, -0.2) is 26.0 Å². The fourth-order valence-corrected chi connectivity index (χ4v) is 2.09. The van der Waals surface area contributed by atoms with E-state index >= 15 is 0 Å². The van der Waals surface area contributed by atoms with E-state index in [1.807, 2.05) is 0 Å². The predicted octanol–water partition coefficient (Wildman–Crippen LogP) is 2.34. The van der Waals surface area contributed by atoms with Crippen LogP contribution in [0, 0.1) is 20.2 Å². The third-order valence-corrected chi connectivity index (χ3v) is 3.22. The van der Waals surface area contributed by atoms with Crippen molar-refractivity contribution < 1.29 is 19.7 Å². The quantitative estimate of drug-likeness (QED) is 0.325. The second kappa shape index (κ2) is 7.31. The van der Waals surface area contributed by atoms with Crippen LogP contribution in [0.2, 0.25) is 0 Å². The van der Waals surface area contributed by atoms with E-state index in [2.05, 4.69) is 10.6 Å². The van der Waals surface area contributed by atoms with Crippen LogP contribution in [-0.2, 0) is 0 Å². The SMILES string of the molecule is O=C(NC(=S)Nc1cc([N+](=O)[O-])ccc1O)c1ccccc1[N+](=O)[O-]. The standard InChI is InChI=1S/C14H10N4O6S/c19-12-6-5-8(17(21)22)7-10(12)15-14(25)16-13(20)9-3-1-2-4-11(9)18(23)24/h1-7,19H,(H2,15,16,20,25). The number of nitro benzene ring substituents is 2. The van der Waals surface area contributed by atoms with Crippen LogP contribution in [0.15, 0.2) is 42.5 Å². The number of thiocarbonyl (C=S) groups is 1. The Balaban J connectivity index is 2.16. The summed E-state index contributed by atoms with van der Waals surface area (Å²) in [6, 6.07) is 8.48. The Kier molecular flexibility index (Phi) is 5.19. The number of nitrogens with zero attached hydrogens (tertiary/aromatic N) is 2. The van der Waals surface area contributed by atoms with Crippen LogP contribution in [0.1, 0.15) is 10.4 Å². The number of phenolic OH excluding ortho intramolecular Hbond substituents is 1. The summed E-state index contributed by atoms with van der Waals surface area (Å²) >= 11 is 4.90. The van der Waals surface area contributed by atoms with Gasteiger partial charge in [-0.05, 0) is 24.4 Å². The van der Waals surface area contributed by atoms with Gasteiger partial charge in [0.15, 0.2) is 5.11 Å². The van der Waals surface area contributed by atoms with E-state index in [0.717, 1.165) is 24.3 Å². The highest BCUT2D eigenvalue weighted by Gasteiger charge is 2.20. The molecule has 0 saturated heterocycles. The van der Waals surface area contributed by atoms with Crippen LogP contribution in [0.4, 0.5) is 17.1 Å². The minimum absolute atomic E-state index is 0.0953. The first-order valence-corrected chi connectivity index (χ1v) is 7.03. The monoisotopic (exact) mass is 362 g/mol. The summed E-state index contributed by atoms with van der Waals surface area (Å²) in [6.45, 7) is 0. The summed E-state index contributed by atoms with van der Waals surface area (Å²) < 4.78 is 0. The van der Waals surface area contributed by atoms with Gasteiger partial charge in [-0.25, -0.2) is 0 Å². The number of benzene rings is 2. The molecule has 128 valence electrons. The van der Waals surface area contributed by atoms with Gasteiger partial charge in [-0.15, -0.1) is 0 Å². The second-order valence-corrected chi connectivity index (χ2v) is 5.05. The molecule has 0 aliphatic carbocycles. The summed E-state index contributed by atoms with van der Waals surface area (Å²) in [5.74, 6) is -1.16. The minimum atomic E-state index is -0.838. The normalized spacial score (nSPS) is 9.92. The number of phenols is 1. The molecule has 0 unspecified atom stereocenters. The number of amides is 1. The van der Waals surface area contributed by atoms with E-state index in [9.17, 15) is 30.1 Å². The molecule has 0 radical (unpaired) electrons. The zero-order chi connectivity index (χ0) is 18.6. The number of aromatic hydroxyl groups is 1. The zero-order valence-electron chi connectivity index (χ0n) is 12.3. The number of nitro groups is 2. The Hall–Kier alpha value is -3.60. The summed E-state index contributed by atoms with van der Waals surface area (Å²) in [7, 11) is 0. The molecule has 0 aliphatic rings. The van der Waals surface area contributed by atoms with E-state index in [1.54, 1.807) is 0 Å². The number of rotatable bonds is 4. The molecule has 11 heteroatoms. The third-order valence-electron chi connectivity index (χ3n) is 3.01. The lowest BCUT2D eigenvalue weighted by molar-refractivity contribution is -0.385. The van der Waals surface area contributed by atoms with Crippen LogP contribution < -0.4 is 10.6 Å². The lowest BCUT2D eigenvalue weighted by Crippen LogP contribution is -2.34. The van der Waals surface area contributed by atoms with Gasteiger partial charge in [-0.2, -0.15) is 0 Å². The van der Waals surface area contributed by atoms with Crippen molar-refractivity contribution in [3.8, 4) is 5.75 Å². The van der Waals surface area contributed by atoms with E-state index < -0.39 is 21.4 Å². The van der Waals surface area contributed by atoms with Gasteiger partial charge in [0.25, 0.3) is 17.3 Å². The summed E-state index contributed by atoms with van der Waals surface area (Å²) in [5.41, 5.74) is -1.00. The number of nitrogens with one attached hydrogen (secondary N) is 2. The van der Waals surface area contributed by atoms with Gasteiger partial charge in [-0.1, -0.05) is 12.1 Å². The number of hydrogen-bond acceptors (Lipinski definition) is 7. The highest BCUT2D eigenvalue weighted by atomic mass is 32.1. The van der Waals surface area contributed by atoms with Crippen molar-refractivity contribution in [2.45, 2.75) is 0 Å². The lowest BCUT2D eigenvalue weighted by atomic mass is 10.1. The fourth-order valence-electron chi connectivity index (χ4n) is 1.89. The van der Waals surface area contributed by atoms with Crippen LogP contribution >= 0.6 is 12.2 Å². The average Bonchev–Trinajstić information content (AvgIpc) is 2.56. The van der Waals surface area contributed by atoms with Crippen LogP contribution in [0.5, 0.6) is 5.75 Å². The largest absolute Gasteiger partial charge is 0.506 e. The van der Waals surface area contributed by atoms with E-state index in [1.165, 1.54) is 18.2 Å². The maximum absolute atomic E-state index is 12.1. The zero-order valence-corrected chi connectivity index (χ0v) is 13.1. The molecule has 10 nitrogen and oxygen atoms in total. The van der Waals surface area contributed by atoms with Gasteiger partial charge in [0.2, 0.25) is 0 Å². The highest BCUT2D eigenvalue weighted by Crippen LogP contribution is 2.27. The van der Waals surface area contributed by atoms with Crippen LogP contribution in [0.3, 0.4) is 0 Å². The molecule has 2 rings (SSSR count). The van der Waals surface area contributed by atoms with Crippen molar-refractivity contribution >= 4 is 40.3 Å².